The van der Waals surface area contributed by atoms with Crippen molar-refractivity contribution in [3.8, 4) is 16.9 Å². The summed E-state index contributed by atoms with van der Waals surface area (Å²) in [5, 5.41) is 0. The van der Waals surface area contributed by atoms with Gasteiger partial charge in [0.15, 0.2) is 0 Å². The summed E-state index contributed by atoms with van der Waals surface area (Å²) >= 11 is 0. The zero-order chi connectivity index (χ0) is 17.8. The number of amides is 1. The minimum Gasteiger partial charge on any atom is -0.493 e. The Morgan fingerprint density at radius 1 is 1.12 bits per heavy atom. The van der Waals surface area contributed by atoms with Crippen LogP contribution >= 0.6 is 0 Å². The lowest BCUT2D eigenvalue weighted by atomic mass is 10.0. The van der Waals surface area contributed by atoms with E-state index in [2.05, 4.69) is 0 Å². The van der Waals surface area contributed by atoms with E-state index >= 15 is 0 Å². The van der Waals surface area contributed by atoms with Gasteiger partial charge in [0.25, 0.3) is 0 Å². The Kier molecular flexibility index (Phi) is 5.03. The molecule has 2 aromatic carbocycles. The molecule has 1 aliphatic rings. The maximum absolute atomic E-state index is 11.6. The van der Waals surface area contributed by atoms with Crippen LogP contribution in [0.3, 0.4) is 0 Å². The first kappa shape index (κ1) is 17.0. The Bertz CT molecular complexity index is 770. The highest BCUT2D eigenvalue weighted by atomic mass is 16.5. The molecule has 0 unspecified atom stereocenters. The minimum absolute atomic E-state index is 0.0178. The van der Waals surface area contributed by atoms with Gasteiger partial charge in [0.05, 0.1) is 19.1 Å². The van der Waals surface area contributed by atoms with Crippen LogP contribution < -0.4 is 10.5 Å². The summed E-state index contributed by atoms with van der Waals surface area (Å²) in [5.41, 5.74) is 7.70. The van der Waals surface area contributed by atoms with Gasteiger partial charge in [-0.1, -0.05) is 24.3 Å². The van der Waals surface area contributed by atoms with Gasteiger partial charge >= 0.3 is 5.97 Å². The number of rotatable bonds is 7. The van der Waals surface area contributed by atoms with Crippen LogP contribution in [0.15, 0.2) is 48.5 Å². The molecule has 130 valence electrons. The molecule has 5 nitrogen and oxygen atoms in total. The van der Waals surface area contributed by atoms with Crippen molar-refractivity contribution in [2.45, 2.75) is 13.3 Å². The van der Waals surface area contributed by atoms with Gasteiger partial charge in [-0.25, -0.2) is 0 Å². The van der Waals surface area contributed by atoms with Crippen molar-refractivity contribution < 1.29 is 19.1 Å². The Hall–Kier alpha value is -2.82. The van der Waals surface area contributed by atoms with Crippen LogP contribution in [0.5, 0.6) is 5.75 Å². The summed E-state index contributed by atoms with van der Waals surface area (Å²) in [4.78, 5) is 22.9. The van der Waals surface area contributed by atoms with Crippen molar-refractivity contribution in [2.75, 3.05) is 13.2 Å². The molecule has 1 fully saturated rings. The molecule has 0 radical (unpaired) electrons. The van der Waals surface area contributed by atoms with Crippen LogP contribution in [0, 0.1) is 11.8 Å². The van der Waals surface area contributed by atoms with Crippen LogP contribution in [0.2, 0.25) is 0 Å². The highest BCUT2D eigenvalue weighted by molar-refractivity contribution is 5.94. The molecule has 0 bridgehead atoms. The van der Waals surface area contributed by atoms with Gasteiger partial charge in [0.2, 0.25) is 5.91 Å². The lowest BCUT2D eigenvalue weighted by molar-refractivity contribution is -0.145. The van der Waals surface area contributed by atoms with E-state index in [4.69, 9.17) is 15.2 Å². The summed E-state index contributed by atoms with van der Waals surface area (Å²) in [5.74, 6) is 0.411. The van der Waals surface area contributed by atoms with Gasteiger partial charge in [0.1, 0.15) is 5.75 Å². The van der Waals surface area contributed by atoms with Crippen molar-refractivity contribution in [3.63, 3.8) is 0 Å². The number of hydrogen-bond donors (Lipinski definition) is 1. The van der Waals surface area contributed by atoms with E-state index < -0.39 is 5.91 Å². The van der Waals surface area contributed by atoms with Gasteiger partial charge in [-0.3, -0.25) is 9.59 Å². The van der Waals surface area contributed by atoms with E-state index in [1.807, 2.05) is 43.3 Å². The average molecular weight is 339 g/mol. The number of primary amides is 1. The molecule has 1 amide bonds. The molecule has 0 spiro atoms. The maximum Gasteiger partial charge on any atom is 0.309 e. The van der Waals surface area contributed by atoms with E-state index in [0.717, 1.165) is 23.3 Å². The largest absolute Gasteiger partial charge is 0.493 e. The molecule has 2 aromatic rings. The fourth-order valence-corrected chi connectivity index (χ4v) is 2.77. The first-order valence-corrected chi connectivity index (χ1v) is 8.38. The normalized spacial score (nSPS) is 18.4. The first-order valence-electron chi connectivity index (χ1n) is 8.38. The number of nitrogens with two attached hydrogens (primary N) is 1. The highest BCUT2D eigenvalue weighted by Crippen LogP contribution is 2.39. The van der Waals surface area contributed by atoms with Crippen LogP contribution in [0.1, 0.15) is 23.7 Å². The zero-order valence-corrected chi connectivity index (χ0v) is 14.1. The third-order valence-corrected chi connectivity index (χ3v) is 4.31. The molecule has 0 aromatic heterocycles. The van der Waals surface area contributed by atoms with Crippen LogP contribution in [0.4, 0.5) is 0 Å². The molecule has 25 heavy (non-hydrogen) atoms. The Morgan fingerprint density at radius 2 is 1.88 bits per heavy atom. The van der Waals surface area contributed by atoms with E-state index in [1.54, 1.807) is 12.1 Å². The topological polar surface area (TPSA) is 78.6 Å². The number of carbonyl (C=O) groups is 2. The molecule has 2 N–H and O–H groups in total. The minimum atomic E-state index is -0.442. The molecular formula is C20H21NO4. The smallest absolute Gasteiger partial charge is 0.309 e. The van der Waals surface area contributed by atoms with E-state index in [9.17, 15) is 9.59 Å². The monoisotopic (exact) mass is 339 g/mol. The number of esters is 1. The third kappa shape index (κ3) is 4.18. The quantitative estimate of drug-likeness (QED) is 0.787. The molecular weight excluding hydrogens is 318 g/mol. The fourth-order valence-electron chi connectivity index (χ4n) is 2.77. The second kappa shape index (κ2) is 7.38. The van der Waals surface area contributed by atoms with Crippen molar-refractivity contribution in [1.29, 1.82) is 0 Å². The molecule has 0 aliphatic heterocycles. The SMILES string of the molecule is CCOC(=O)[C@@H]1C[C@@H]1COc1ccc(-c2cccc(C(N)=O)c2)cc1. The summed E-state index contributed by atoms with van der Waals surface area (Å²) in [6.07, 6.45) is 0.830. The number of benzene rings is 2. The molecule has 3 rings (SSSR count). The summed E-state index contributed by atoms with van der Waals surface area (Å²) in [7, 11) is 0. The van der Waals surface area contributed by atoms with Gasteiger partial charge in [0, 0.05) is 11.5 Å². The number of hydrogen-bond acceptors (Lipinski definition) is 4. The lowest BCUT2D eigenvalue weighted by Gasteiger charge is -2.08. The van der Waals surface area contributed by atoms with Gasteiger partial charge in [-0.2, -0.15) is 0 Å². The number of ether oxygens (including phenoxy) is 2. The molecule has 0 heterocycles. The Balaban J connectivity index is 1.57. The molecule has 5 heteroatoms. The Labute approximate surface area is 146 Å². The zero-order valence-electron chi connectivity index (χ0n) is 14.1. The second-order valence-corrected chi connectivity index (χ2v) is 6.13. The summed E-state index contributed by atoms with van der Waals surface area (Å²) in [6, 6.07) is 14.8. The maximum atomic E-state index is 11.6. The molecule has 0 saturated heterocycles. The first-order chi connectivity index (χ1) is 12.1. The van der Waals surface area contributed by atoms with E-state index in [0.29, 0.717) is 18.8 Å². The molecule has 1 aliphatic carbocycles. The average Bonchev–Trinajstić information content (AvgIpc) is 3.40. The van der Waals surface area contributed by atoms with Crippen molar-refractivity contribution in [1.82, 2.24) is 0 Å². The number of carbonyl (C=O) groups excluding carboxylic acids is 2. The standard InChI is InChI=1S/C20H21NO4/c1-2-24-20(23)18-11-16(18)12-25-17-8-6-13(7-9-17)14-4-3-5-15(10-14)19(21)22/h3-10,16,18H,2,11-12H2,1H3,(H2,21,22)/t16-,18-/m1/s1. The third-order valence-electron chi connectivity index (χ3n) is 4.31. The van der Waals surface area contributed by atoms with Crippen LogP contribution in [-0.4, -0.2) is 25.1 Å². The fraction of sp³-hybridized carbons (Fsp3) is 0.300. The van der Waals surface area contributed by atoms with E-state index in [1.165, 1.54) is 0 Å². The predicted octanol–water partition coefficient (Wildman–Crippen LogP) is 3.03. The molecule has 1 saturated carbocycles. The van der Waals surface area contributed by atoms with Crippen LogP contribution in [0.25, 0.3) is 11.1 Å². The summed E-state index contributed by atoms with van der Waals surface area (Å²) in [6.45, 7) is 2.74. The van der Waals surface area contributed by atoms with Crippen molar-refractivity contribution >= 4 is 11.9 Å². The van der Waals surface area contributed by atoms with Gasteiger partial charge in [-0.15, -0.1) is 0 Å². The predicted molar refractivity (Wildman–Crippen MR) is 94.1 cm³/mol. The van der Waals surface area contributed by atoms with Crippen LogP contribution in [-0.2, 0) is 9.53 Å². The van der Waals surface area contributed by atoms with Crippen molar-refractivity contribution in [2.24, 2.45) is 17.6 Å². The van der Waals surface area contributed by atoms with E-state index in [-0.39, 0.29) is 17.8 Å². The lowest BCUT2D eigenvalue weighted by Crippen LogP contribution is -2.10. The Morgan fingerprint density at radius 3 is 2.56 bits per heavy atom. The van der Waals surface area contributed by atoms with Gasteiger partial charge < -0.3 is 15.2 Å². The van der Waals surface area contributed by atoms with Gasteiger partial charge in [-0.05, 0) is 48.7 Å². The summed E-state index contributed by atoms with van der Waals surface area (Å²) < 4.78 is 10.8. The molecule has 2 atom stereocenters. The van der Waals surface area contributed by atoms with Crippen molar-refractivity contribution in [3.05, 3.63) is 54.1 Å². The highest BCUT2D eigenvalue weighted by Gasteiger charge is 2.44. The second-order valence-electron chi connectivity index (χ2n) is 6.13.